The molecule has 27 heavy (non-hydrogen) atoms. The summed E-state index contributed by atoms with van der Waals surface area (Å²) in [4.78, 5) is 25.6. The third-order valence-corrected chi connectivity index (χ3v) is 5.12. The molecule has 0 aliphatic heterocycles. The van der Waals surface area contributed by atoms with Gasteiger partial charge in [0, 0.05) is 6.04 Å². The first kappa shape index (κ1) is 18.9. The second kappa shape index (κ2) is 9.14. The molecule has 0 radical (unpaired) electrons. The van der Waals surface area contributed by atoms with E-state index in [0.717, 1.165) is 12.8 Å². The normalized spacial score (nSPS) is 11.6. The summed E-state index contributed by atoms with van der Waals surface area (Å²) in [5.74, 6) is -0.389. The van der Waals surface area contributed by atoms with E-state index in [2.05, 4.69) is 22.8 Å². The molecule has 2 N–H and O–H groups in total. The highest BCUT2D eigenvalue weighted by molar-refractivity contribution is 7.12. The maximum Gasteiger partial charge on any atom is 0.265 e. The lowest BCUT2D eigenvalue weighted by molar-refractivity contribution is 0.0939. The molecule has 138 valence electrons. The first-order valence-electron chi connectivity index (χ1n) is 8.92. The fraction of sp³-hybridized carbons (Fsp3) is 0.182. The number of benzene rings is 2. The second-order valence-corrected chi connectivity index (χ2v) is 7.32. The minimum atomic E-state index is -0.206. The van der Waals surface area contributed by atoms with Crippen molar-refractivity contribution < 1.29 is 9.59 Å². The lowest BCUT2D eigenvalue weighted by Gasteiger charge is -2.16. The largest absolute Gasteiger partial charge is 0.350 e. The number of para-hydroxylation sites is 1. The Kier molecular flexibility index (Phi) is 6.39. The Labute approximate surface area is 163 Å². The van der Waals surface area contributed by atoms with Crippen LogP contribution in [0.15, 0.2) is 72.1 Å². The molecule has 0 aliphatic carbocycles. The average Bonchev–Trinajstić information content (AvgIpc) is 3.22. The summed E-state index contributed by atoms with van der Waals surface area (Å²) in [6.45, 7) is 1.99. The summed E-state index contributed by atoms with van der Waals surface area (Å²) in [7, 11) is 0. The van der Waals surface area contributed by atoms with E-state index in [0.29, 0.717) is 16.1 Å². The van der Waals surface area contributed by atoms with Crippen LogP contribution in [0.25, 0.3) is 0 Å². The summed E-state index contributed by atoms with van der Waals surface area (Å²) in [5.41, 5.74) is 2.24. The molecular formula is C22H22N2O2S. The van der Waals surface area contributed by atoms with Crippen molar-refractivity contribution in [2.75, 3.05) is 5.32 Å². The molecule has 0 unspecified atom stereocenters. The number of anilines is 1. The quantitative estimate of drug-likeness (QED) is 0.623. The molecule has 4 nitrogen and oxygen atoms in total. The Bertz CT molecular complexity index is 892. The lowest BCUT2D eigenvalue weighted by Crippen LogP contribution is -2.33. The van der Waals surface area contributed by atoms with Crippen LogP contribution in [0.1, 0.15) is 38.9 Å². The van der Waals surface area contributed by atoms with Crippen molar-refractivity contribution in [1.29, 1.82) is 0 Å². The van der Waals surface area contributed by atoms with Crippen molar-refractivity contribution in [3.63, 3.8) is 0 Å². The third-order valence-electron chi connectivity index (χ3n) is 4.25. The Hall–Kier alpha value is -2.92. The van der Waals surface area contributed by atoms with Gasteiger partial charge in [-0.2, -0.15) is 0 Å². The Morgan fingerprint density at radius 1 is 0.926 bits per heavy atom. The van der Waals surface area contributed by atoms with Crippen LogP contribution in [0, 0.1) is 0 Å². The molecule has 3 rings (SSSR count). The Morgan fingerprint density at radius 2 is 1.67 bits per heavy atom. The van der Waals surface area contributed by atoms with Crippen LogP contribution in [0.2, 0.25) is 0 Å². The van der Waals surface area contributed by atoms with Gasteiger partial charge in [-0.3, -0.25) is 9.59 Å². The van der Waals surface area contributed by atoms with Crippen LogP contribution in [0.5, 0.6) is 0 Å². The maximum atomic E-state index is 12.7. The predicted octanol–water partition coefficient (Wildman–Crippen LogP) is 4.75. The first-order valence-corrected chi connectivity index (χ1v) is 9.80. The van der Waals surface area contributed by atoms with Gasteiger partial charge in [-0.25, -0.2) is 0 Å². The summed E-state index contributed by atoms with van der Waals surface area (Å²) in [5, 5.41) is 7.71. The number of hydrogen-bond donors (Lipinski definition) is 2. The Balaban J connectivity index is 1.61. The van der Waals surface area contributed by atoms with Crippen molar-refractivity contribution >= 4 is 28.8 Å². The molecule has 0 aliphatic rings. The lowest BCUT2D eigenvalue weighted by atomic mass is 10.1. The molecule has 0 saturated heterocycles. The topological polar surface area (TPSA) is 58.2 Å². The number of rotatable bonds is 7. The molecule has 3 aromatic rings. The number of hydrogen-bond acceptors (Lipinski definition) is 3. The van der Waals surface area contributed by atoms with Gasteiger partial charge in [0.15, 0.2) is 0 Å². The van der Waals surface area contributed by atoms with E-state index in [9.17, 15) is 9.59 Å². The van der Waals surface area contributed by atoms with Gasteiger partial charge < -0.3 is 10.6 Å². The van der Waals surface area contributed by atoms with Crippen LogP contribution in [-0.4, -0.2) is 17.9 Å². The molecule has 0 fully saturated rings. The fourth-order valence-electron chi connectivity index (χ4n) is 2.78. The van der Waals surface area contributed by atoms with E-state index in [1.807, 2.05) is 36.6 Å². The van der Waals surface area contributed by atoms with E-state index in [-0.39, 0.29) is 17.9 Å². The number of carbonyl (C=O) groups excluding carboxylic acids is 2. The fourth-order valence-corrected chi connectivity index (χ4v) is 3.40. The molecule has 1 aromatic heterocycles. The SMILES string of the molecule is C[C@H](CCc1ccccc1)NC(=O)c1ccccc1NC(=O)c1cccs1. The van der Waals surface area contributed by atoms with Gasteiger partial charge >= 0.3 is 0 Å². The number of thiophene rings is 1. The zero-order valence-corrected chi connectivity index (χ0v) is 16.0. The monoisotopic (exact) mass is 378 g/mol. The van der Waals surface area contributed by atoms with Crippen molar-refractivity contribution in [3.05, 3.63) is 88.1 Å². The first-order chi connectivity index (χ1) is 13.1. The summed E-state index contributed by atoms with van der Waals surface area (Å²) >= 11 is 1.37. The van der Waals surface area contributed by atoms with E-state index in [1.54, 1.807) is 30.3 Å². The predicted molar refractivity (Wildman–Crippen MR) is 110 cm³/mol. The van der Waals surface area contributed by atoms with Gasteiger partial charge in [0.05, 0.1) is 16.1 Å². The third kappa shape index (κ3) is 5.28. The van der Waals surface area contributed by atoms with Crippen molar-refractivity contribution in [1.82, 2.24) is 5.32 Å². The molecule has 1 atom stereocenters. The molecular weight excluding hydrogens is 356 g/mol. The molecule has 2 amide bonds. The van der Waals surface area contributed by atoms with Crippen molar-refractivity contribution in [2.45, 2.75) is 25.8 Å². The van der Waals surface area contributed by atoms with E-state index in [1.165, 1.54) is 16.9 Å². The smallest absolute Gasteiger partial charge is 0.265 e. The summed E-state index contributed by atoms with van der Waals surface area (Å²) in [6, 6.07) is 20.9. The van der Waals surface area contributed by atoms with Crippen LogP contribution in [-0.2, 0) is 6.42 Å². The van der Waals surface area contributed by atoms with E-state index < -0.39 is 0 Å². The van der Waals surface area contributed by atoms with Crippen LogP contribution < -0.4 is 10.6 Å². The van der Waals surface area contributed by atoms with Gasteiger partial charge in [0.1, 0.15) is 0 Å². The number of aryl methyl sites for hydroxylation is 1. The van der Waals surface area contributed by atoms with Gasteiger partial charge in [0.25, 0.3) is 11.8 Å². The molecule has 0 bridgehead atoms. The number of amides is 2. The minimum absolute atomic E-state index is 0.0266. The van der Waals surface area contributed by atoms with E-state index in [4.69, 9.17) is 0 Å². The zero-order chi connectivity index (χ0) is 19.1. The van der Waals surface area contributed by atoms with Crippen molar-refractivity contribution in [2.24, 2.45) is 0 Å². The van der Waals surface area contributed by atoms with E-state index >= 15 is 0 Å². The number of carbonyl (C=O) groups is 2. The molecule has 2 aromatic carbocycles. The van der Waals surface area contributed by atoms with Gasteiger partial charge in [-0.15, -0.1) is 11.3 Å². The Morgan fingerprint density at radius 3 is 2.41 bits per heavy atom. The second-order valence-electron chi connectivity index (χ2n) is 6.38. The summed E-state index contributed by atoms with van der Waals surface area (Å²) in [6.07, 6.45) is 1.75. The standard InChI is InChI=1S/C22H22N2O2S/c1-16(13-14-17-8-3-2-4-9-17)23-21(25)18-10-5-6-11-19(18)24-22(26)20-12-7-15-27-20/h2-12,15-16H,13-14H2,1H3,(H,23,25)(H,24,26)/t16-/m1/s1. The summed E-state index contributed by atoms with van der Waals surface area (Å²) < 4.78 is 0. The zero-order valence-electron chi connectivity index (χ0n) is 15.1. The highest BCUT2D eigenvalue weighted by atomic mass is 32.1. The van der Waals surface area contributed by atoms with Crippen LogP contribution >= 0.6 is 11.3 Å². The highest BCUT2D eigenvalue weighted by Crippen LogP contribution is 2.18. The minimum Gasteiger partial charge on any atom is -0.350 e. The molecule has 0 spiro atoms. The molecule has 0 saturated carbocycles. The van der Waals surface area contributed by atoms with Gasteiger partial charge in [-0.1, -0.05) is 48.5 Å². The van der Waals surface area contributed by atoms with Gasteiger partial charge in [-0.05, 0) is 48.9 Å². The average molecular weight is 378 g/mol. The maximum absolute atomic E-state index is 12.7. The van der Waals surface area contributed by atoms with Crippen LogP contribution in [0.3, 0.4) is 0 Å². The van der Waals surface area contributed by atoms with Gasteiger partial charge in [0.2, 0.25) is 0 Å². The van der Waals surface area contributed by atoms with Crippen molar-refractivity contribution in [3.8, 4) is 0 Å². The number of nitrogens with one attached hydrogen (secondary N) is 2. The molecule has 1 heterocycles. The van der Waals surface area contributed by atoms with Crippen LogP contribution in [0.4, 0.5) is 5.69 Å². The highest BCUT2D eigenvalue weighted by Gasteiger charge is 2.16. The molecule has 5 heteroatoms.